The molecule has 2 aliphatic heterocycles. The second-order valence-electron chi connectivity index (χ2n) is 10.9. The molecule has 2 saturated carbocycles. The number of fused-ring (bicyclic) bond motifs is 2. The van der Waals surface area contributed by atoms with Gasteiger partial charge in [-0.15, -0.1) is 0 Å². The largest absolute Gasteiger partial charge is 0.443 e. The molecule has 2 saturated heterocycles. The third-order valence-corrected chi connectivity index (χ3v) is 9.38. The fourth-order valence-electron chi connectivity index (χ4n) is 5.47. The summed E-state index contributed by atoms with van der Waals surface area (Å²) in [5.74, 6) is 1.50. The first-order valence-corrected chi connectivity index (χ1v) is 14.9. The Morgan fingerprint density at radius 3 is 3.06 bits per heavy atom. The van der Waals surface area contributed by atoms with Gasteiger partial charge in [0.2, 0.25) is 0 Å². The number of alkyl carbamates (subject to hydrolysis) is 1. The van der Waals surface area contributed by atoms with Crippen LogP contribution in [-0.4, -0.2) is 66.2 Å². The molecule has 3 unspecified atom stereocenters. The van der Waals surface area contributed by atoms with E-state index in [-0.39, 0.29) is 24.6 Å². The van der Waals surface area contributed by atoms with Gasteiger partial charge in [0.25, 0.3) is 0 Å². The van der Waals surface area contributed by atoms with Crippen molar-refractivity contribution in [3.05, 3.63) is 18.2 Å². The molecule has 2 aliphatic carbocycles. The predicted molar refractivity (Wildman–Crippen MR) is 142 cm³/mol. The number of carbonyl (C=O) groups excluding carboxylic acids is 1. The quantitative estimate of drug-likeness (QED) is 0.305. The molecule has 4 aliphatic rings. The van der Waals surface area contributed by atoms with E-state index in [2.05, 4.69) is 47.0 Å². The summed E-state index contributed by atoms with van der Waals surface area (Å²) in [6, 6.07) is 7.14. The molecule has 10 heteroatoms. The molecule has 6 rings (SSSR count). The van der Waals surface area contributed by atoms with Crippen LogP contribution in [0.15, 0.2) is 23.1 Å². The van der Waals surface area contributed by atoms with E-state index >= 15 is 0 Å². The van der Waals surface area contributed by atoms with E-state index in [0.29, 0.717) is 30.3 Å². The van der Waals surface area contributed by atoms with Crippen LogP contribution in [0.5, 0.6) is 0 Å². The van der Waals surface area contributed by atoms with Gasteiger partial charge in [0, 0.05) is 36.5 Å². The molecule has 3 heterocycles. The lowest BCUT2D eigenvalue weighted by Gasteiger charge is -2.31. The van der Waals surface area contributed by atoms with Crippen LogP contribution in [0.3, 0.4) is 0 Å². The molecular formula is C26H36N4O4S2. The van der Waals surface area contributed by atoms with Gasteiger partial charge in [0.15, 0.2) is 11.4 Å². The number of ether oxygens (including phenoxy) is 3. The molecule has 0 radical (unpaired) electrons. The highest BCUT2D eigenvalue weighted by Crippen LogP contribution is 2.47. The Bertz CT molecular complexity index is 1080. The van der Waals surface area contributed by atoms with E-state index in [1.165, 1.54) is 22.4 Å². The zero-order valence-electron chi connectivity index (χ0n) is 21.0. The van der Waals surface area contributed by atoms with Crippen molar-refractivity contribution in [2.45, 2.75) is 75.4 Å². The van der Waals surface area contributed by atoms with Gasteiger partial charge in [-0.05, 0) is 74.1 Å². The van der Waals surface area contributed by atoms with E-state index in [4.69, 9.17) is 19.2 Å². The Labute approximate surface area is 221 Å². The summed E-state index contributed by atoms with van der Waals surface area (Å²) in [7, 11) is 0. The van der Waals surface area contributed by atoms with Gasteiger partial charge in [0.05, 0.1) is 22.9 Å². The number of hydrogen-bond donors (Lipinski definition) is 2. The lowest BCUT2D eigenvalue weighted by atomic mass is 9.80. The molecule has 2 aromatic rings. The Balaban J connectivity index is 0.969. The van der Waals surface area contributed by atoms with Crippen molar-refractivity contribution in [2.75, 3.05) is 31.6 Å². The highest BCUT2D eigenvalue weighted by molar-refractivity contribution is 7.97. The summed E-state index contributed by atoms with van der Waals surface area (Å²) in [6.07, 6.45) is 4.56. The molecule has 196 valence electrons. The van der Waals surface area contributed by atoms with Crippen molar-refractivity contribution in [3.63, 3.8) is 0 Å². The average Bonchev–Trinajstić information content (AvgIpc) is 3.25. The predicted octanol–water partition coefficient (Wildman–Crippen LogP) is 5.10. The topological polar surface area (TPSA) is 85.0 Å². The molecule has 1 aromatic carbocycles. The highest BCUT2D eigenvalue weighted by Gasteiger charge is 2.54. The molecule has 36 heavy (non-hydrogen) atoms. The number of nitrogens with zero attached hydrogens (tertiary/aromatic N) is 2. The van der Waals surface area contributed by atoms with E-state index in [1.807, 2.05) is 0 Å². The fraction of sp³-hybridized carbons (Fsp3) is 0.692. The van der Waals surface area contributed by atoms with Crippen LogP contribution in [0.1, 0.15) is 46.0 Å². The van der Waals surface area contributed by atoms with E-state index in [9.17, 15) is 4.79 Å². The first-order chi connectivity index (χ1) is 17.5. The molecule has 4 fully saturated rings. The van der Waals surface area contributed by atoms with Crippen molar-refractivity contribution in [3.8, 4) is 0 Å². The van der Waals surface area contributed by atoms with Crippen molar-refractivity contribution in [1.29, 1.82) is 0 Å². The number of hydrogen-bond acceptors (Lipinski definition) is 9. The Morgan fingerprint density at radius 2 is 2.22 bits per heavy atom. The molecular weight excluding hydrogens is 496 g/mol. The molecule has 2 bridgehead atoms. The Morgan fingerprint density at radius 1 is 1.33 bits per heavy atom. The van der Waals surface area contributed by atoms with Crippen molar-refractivity contribution in [2.24, 2.45) is 17.8 Å². The summed E-state index contributed by atoms with van der Waals surface area (Å²) in [5.41, 5.74) is 1.06. The molecule has 2 N–H and O–H groups in total. The fourth-order valence-corrected chi connectivity index (χ4v) is 7.71. The lowest BCUT2D eigenvalue weighted by Crippen LogP contribution is -2.41. The third kappa shape index (κ3) is 5.78. The third-order valence-electron chi connectivity index (χ3n) is 7.37. The standard InChI is InChI=1S/C26H36N4O4S2/c1-15(2)13-30(36-18-6-7-20-23(11-18)35-25(29-20)28-17-4-5-17)9-3-8-27-26(31)34-21-10-16-14-32-24-19(16)12-22(21)33-24/h6-7,11,15-17,19,21-22,24H,3-5,8-10,12-14H2,1-2H3,(H,27,31)(H,28,29)/t16?,19?,21-,22?,24-/m0/s1. The highest BCUT2D eigenvalue weighted by atomic mass is 32.2. The minimum Gasteiger partial charge on any atom is -0.443 e. The molecule has 8 nitrogen and oxygen atoms in total. The molecule has 1 amide bonds. The minimum atomic E-state index is -0.333. The summed E-state index contributed by atoms with van der Waals surface area (Å²) in [4.78, 5) is 18.4. The average molecular weight is 533 g/mol. The maximum atomic E-state index is 12.5. The van der Waals surface area contributed by atoms with Crippen LogP contribution < -0.4 is 10.6 Å². The van der Waals surface area contributed by atoms with Crippen molar-refractivity contribution in [1.82, 2.24) is 14.6 Å². The van der Waals surface area contributed by atoms with Crippen LogP contribution in [0.25, 0.3) is 10.2 Å². The number of benzene rings is 1. The molecule has 1 aromatic heterocycles. The van der Waals surface area contributed by atoms with Crippen LogP contribution in [0.4, 0.5) is 9.93 Å². The van der Waals surface area contributed by atoms with Crippen molar-refractivity contribution >= 4 is 44.7 Å². The number of aromatic nitrogens is 1. The Hall–Kier alpha value is -1.59. The van der Waals surface area contributed by atoms with Crippen LogP contribution in [0, 0.1) is 17.8 Å². The number of thiazole rings is 1. The van der Waals surface area contributed by atoms with E-state index < -0.39 is 0 Å². The van der Waals surface area contributed by atoms with E-state index in [1.54, 1.807) is 23.3 Å². The first kappa shape index (κ1) is 24.7. The summed E-state index contributed by atoms with van der Waals surface area (Å²) >= 11 is 3.53. The number of rotatable bonds is 11. The van der Waals surface area contributed by atoms with Gasteiger partial charge in [-0.1, -0.05) is 25.2 Å². The summed E-state index contributed by atoms with van der Waals surface area (Å²) in [6.45, 7) is 7.66. The van der Waals surface area contributed by atoms with Gasteiger partial charge in [0.1, 0.15) is 6.10 Å². The zero-order valence-corrected chi connectivity index (χ0v) is 22.6. The van der Waals surface area contributed by atoms with Crippen LogP contribution >= 0.6 is 23.3 Å². The maximum absolute atomic E-state index is 12.5. The van der Waals surface area contributed by atoms with Crippen LogP contribution in [0.2, 0.25) is 0 Å². The van der Waals surface area contributed by atoms with Crippen LogP contribution in [-0.2, 0) is 14.2 Å². The van der Waals surface area contributed by atoms with Gasteiger partial charge in [-0.25, -0.2) is 14.1 Å². The number of amides is 1. The SMILES string of the molecule is CC(C)CN(CCCNC(=O)O[C@H]1CC2CO[C@H]3OC1CC23)Sc1ccc2nc(NC3CC3)sc2c1. The second kappa shape index (κ2) is 10.6. The van der Waals surface area contributed by atoms with Crippen molar-refractivity contribution < 1.29 is 19.0 Å². The maximum Gasteiger partial charge on any atom is 0.407 e. The minimum absolute atomic E-state index is 0.0170. The number of carbonyl (C=O) groups is 1. The molecule has 0 spiro atoms. The van der Waals surface area contributed by atoms with E-state index in [0.717, 1.165) is 49.6 Å². The normalized spacial score (nSPS) is 28.8. The second-order valence-corrected chi connectivity index (χ2v) is 13.1. The number of nitrogens with one attached hydrogen (secondary N) is 2. The van der Waals surface area contributed by atoms with Gasteiger partial charge < -0.3 is 24.8 Å². The zero-order chi connectivity index (χ0) is 24.6. The van der Waals surface area contributed by atoms with Gasteiger partial charge in [-0.3, -0.25) is 0 Å². The lowest BCUT2D eigenvalue weighted by molar-refractivity contribution is -0.147. The van der Waals surface area contributed by atoms with Gasteiger partial charge in [-0.2, -0.15) is 0 Å². The molecule has 5 atom stereocenters. The summed E-state index contributed by atoms with van der Waals surface area (Å²) in [5, 5.41) is 7.49. The monoisotopic (exact) mass is 532 g/mol. The summed E-state index contributed by atoms with van der Waals surface area (Å²) < 4.78 is 21.0. The van der Waals surface area contributed by atoms with Gasteiger partial charge >= 0.3 is 6.09 Å². The number of anilines is 1. The Kier molecular flexibility index (Phi) is 7.31. The first-order valence-electron chi connectivity index (χ1n) is 13.3. The smallest absolute Gasteiger partial charge is 0.407 e.